The van der Waals surface area contributed by atoms with E-state index in [1.54, 1.807) is 0 Å². The summed E-state index contributed by atoms with van der Waals surface area (Å²) in [6, 6.07) is 0. The van der Waals surface area contributed by atoms with Crippen LogP contribution >= 0.6 is 0 Å². The van der Waals surface area contributed by atoms with E-state index in [0.717, 1.165) is 32.6 Å². The van der Waals surface area contributed by atoms with Crippen molar-refractivity contribution in [1.82, 2.24) is 10.5 Å². The summed E-state index contributed by atoms with van der Waals surface area (Å²) in [5, 5.41) is 1.97. The Kier molecular flexibility index (Phi) is 1.86. The predicted octanol–water partition coefficient (Wildman–Crippen LogP) is -0.125. The predicted molar refractivity (Wildman–Crippen MR) is 34.8 cm³/mol. The normalized spacial score (nSPS) is 35.4. The summed E-state index contributed by atoms with van der Waals surface area (Å²) in [6.07, 6.45) is 2.46. The maximum Gasteiger partial charge on any atom is 0.110 e. The second-order valence-electron chi connectivity index (χ2n) is 2.60. The fourth-order valence-electron chi connectivity index (χ4n) is 1.30. The van der Waals surface area contributed by atoms with E-state index in [0.29, 0.717) is 6.17 Å². The van der Waals surface area contributed by atoms with Crippen LogP contribution in [0.2, 0.25) is 0 Å². The lowest BCUT2D eigenvalue weighted by atomic mass is 10.3. The Morgan fingerprint density at radius 2 is 2.40 bits per heavy atom. The fourth-order valence-corrected chi connectivity index (χ4v) is 1.30. The zero-order chi connectivity index (χ0) is 6.81. The number of nitrogens with zero attached hydrogens (tertiary/aromatic N) is 1. The summed E-state index contributed by atoms with van der Waals surface area (Å²) in [5.74, 6) is 0. The maximum atomic E-state index is 5.33. The molecule has 0 aromatic heterocycles. The van der Waals surface area contributed by atoms with Gasteiger partial charge >= 0.3 is 0 Å². The molecule has 0 aromatic rings. The summed E-state index contributed by atoms with van der Waals surface area (Å²) in [7, 11) is 0. The average Bonchev–Trinajstić information content (AvgIpc) is 2.59. The quantitative estimate of drug-likeness (QED) is 0.556. The standard InChI is InChI=1S/C6H12N2O2/c1-3-8(10-4-1)6-2-5-9-7-6/h6-7H,1-5H2. The molecule has 2 aliphatic heterocycles. The molecule has 58 valence electrons. The second kappa shape index (κ2) is 2.84. The molecule has 0 spiro atoms. The van der Waals surface area contributed by atoms with Crippen LogP contribution in [0.4, 0.5) is 0 Å². The molecule has 4 nitrogen and oxygen atoms in total. The van der Waals surface area contributed by atoms with Crippen LogP contribution in [0.25, 0.3) is 0 Å². The molecule has 4 heteroatoms. The largest absolute Gasteiger partial charge is 0.300 e. The third-order valence-electron chi connectivity index (χ3n) is 1.84. The molecule has 1 N–H and O–H groups in total. The van der Waals surface area contributed by atoms with Crippen LogP contribution < -0.4 is 5.48 Å². The van der Waals surface area contributed by atoms with E-state index in [4.69, 9.17) is 9.68 Å². The van der Waals surface area contributed by atoms with Crippen molar-refractivity contribution in [1.29, 1.82) is 0 Å². The van der Waals surface area contributed by atoms with Gasteiger partial charge < -0.3 is 4.84 Å². The van der Waals surface area contributed by atoms with Gasteiger partial charge in [-0.2, -0.15) is 10.5 Å². The summed E-state index contributed by atoms with van der Waals surface area (Å²) in [5.41, 5.74) is 2.90. The van der Waals surface area contributed by atoms with E-state index in [9.17, 15) is 0 Å². The summed E-state index contributed by atoms with van der Waals surface area (Å²) in [4.78, 5) is 10.3. The van der Waals surface area contributed by atoms with Crippen molar-refractivity contribution >= 4 is 0 Å². The number of rotatable bonds is 1. The molecule has 2 fully saturated rings. The number of nitrogens with one attached hydrogen (secondary N) is 1. The van der Waals surface area contributed by atoms with Gasteiger partial charge in [0, 0.05) is 13.0 Å². The van der Waals surface area contributed by atoms with E-state index < -0.39 is 0 Å². The molecule has 0 amide bonds. The van der Waals surface area contributed by atoms with Crippen LogP contribution in [-0.4, -0.2) is 31.0 Å². The molecule has 10 heavy (non-hydrogen) atoms. The molecule has 0 aliphatic carbocycles. The summed E-state index contributed by atoms with van der Waals surface area (Å²) >= 11 is 0. The van der Waals surface area contributed by atoms with Crippen molar-refractivity contribution in [3.05, 3.63) is 0 Å². The molecular formula is C6H12N2O2. The first-order valence-corrected chi connectivity index (χ1v) is 3.74. The highest BCUT2D eigenvalue weighted by atomic mass is 16.7. The zero-order valence-corrected chi connectivity index (χ0v) is 5.88. The summed E-state index contributed by atoms with van der Waals surface area (Å²) < 4.78 is 0. The number of hydrogen-bond acceptors (Lipinski definition) is 4. The molecule has 0 bridgehead atoms. The molecule has 0 aromatic carbocycles. The van der Waals surface area contributed by atoms with Crippen LogP contribution in [-0.2, 0) is 9.68 Å². The van der Waals surface area contributed by atoms with E-state index in [1.807, 2.05) is 5.06 Å². The van der Waals surface area contributed by atoms with Gasteiger partial charge in [0.25, 0.3) is 0 Å². The van der Waals surface area contributed by atoms with Crippen molar-refractivity contribution in [2.75, 3.05) is 19.8 Å². The SMILES string of the molecule is C1CON(C2CCON2)C1. The van der Waals surface area contributed by atoms with Crippen LogP contribution in [0.15, 0.2) is 0 Å². The maximum absolute atomic E-state index is 5.33. The number of hydrogen-bond donors (Lipinski definition) is 1. The van der Waals surface area contributed by atoms with Crippen LogP contribution in [0, 0.1) is 0 Å². The van der Waals surface area contributed by atoms with E-state index in [-0.39, 0.29) is 0 Å². The Morgan fingerprint density at radius 1 is 1.40 bits per heavy atom. The van der Waals surface area contributed by atoms with Crippen molar-refractivity contribution in [2.24, 2.45) is 0 Å². The van der Waals surface area contributed by atoms with Gasteiger partial charge in [-0.1, -0.05) is 0 Å². The molecule has 0 saturated carbocycles. The third kappa shape index (κ3) is 1.15. The van der Waals surface area contributed by atoms with Gasteiger partial charge in [0.15, 0.2) is 0 Å². The molecular weight excluding hydrogens is 132 g/mol. The van der Waals surface area contributed by atoms with Gasteiger partial charge in [-0.05, 0) is 6.42 Å². The monoisotopic (exact) mass is 144 g/mol. The molecule has 2 heterocycles. The first-order valence-electron chi connectivity index (χ1n) is 3.74. The lowest BCUT2D eigenvalue weighted by Crippen LogP contribution is -2.38. The smallest absolute Gasteiger partial charge is 0.110 e. The fraction of sp³-hybridized carbons (Fsp3) is 1.00. The van der Waals surface area contributed by atoms with Gasteiger partial charge in [0.05, 0.1) is 13.2 Å². The van der Waals surface area contributed by atoms with Crippen molar-refractivity contribution in [3.8, 4) is 0 Å². The average molecular weight is 144 g/mol. The minimum atomic E-state index is 0.294. The van der Waals surface area contributed by atoms with Gasteiger partial charge in [0.2, 0.25) is 0 Å². The molecule has 2 aliphatic rings. The first kappa shape index (κ1) is 6.54. The van der Waals surface area contributed by atoms with Gasteiger partial charge in [0.1, 0.15) is 6.17 Å². The molecule has 1 atom stereocenters. The topological polar surface area (TPSA) is 33.7 Å². The molecule has 1 unspecified atom stereocenters. The minimum Gasteiger partial charge on any atom is -0.300 e. The van der Waals surface area contributed by atoms with Crippen LogP contribution in [0.1, 0.15) is 12.8 Å². The van der Waals surface area contributed by atoms with Gasteiger partial charge in [-0.15, -0.1) is 0 Å². The highest BCUT2D eigenvalue weighted by molar-refractivity contribution is 4.66. The Hall–Kier alpha value is -0.160. The highest BCUT2D eigenvalue weighted by Crippen LogP contribution is 2.13. The van der Waals surface area contributed by atoms with Gasteiger partial charge in [-0.3, -0.25) is 4.84 Å². The van der Waals surface area contributed by atoms with Crippen molar-refractivity contribution in [3.63, 3.8) is 0 Å². The van der Waals surface area contributed by atoms with Crippen LogP contribution in [0.3, 0.4) is 0 Å². The third-order valence-corrected chi connectivity index (χ3v) is 1.84. The number of hydroxylamine groups is 3. The lowest BCUT2D eigenvalue weighted by Gasteiger charge is -2.19. The van der Waals surface area contributed by atoms with E-state index in [2.05, 4.69) is 5.48 Å². The Morgan fingerprint density at radius 3 is 3.00 bits per heavy atom. The lowest BCUT2D eigenvalue weighted by molar-refractivity contribution is -0.158. The minimum absolute atomic E-state index is 0.294. The van der Waals surface area contributed by atoms with E-state index >= 15 is 0 Å². The van der Waals surface area contributed by atoms with Gasteiger partial charge in [-0.25, -0.2) is 0 Å². The van der Waals surface area contributed by atoms with E-state index in [1.165, 1.54) is 0 Å². The second-order valence-corrected chi connectivity index (χ2v) is 2.60. The molecule has 2 saturated heterocycles. The highest BCUT2D eigenvalue weighted by Gasteiger charge is 2.26. The van der Waals surface area contributed by atoms with Crippen LogP contribution in [0.5, 0.6) is 0 Å². The van der Waals surface area contributed by atoms with Crippen molar-refractivity contribution in [2.45, 2.75) is 19.0 Å². The first-order chi connectivity index (χ1) is 4.97. The summed E-state index contributed by atoms with van der Waals surface area (Å²) in [6.45, 7) is 2.68. The Labute approximate surface area is 60.0 Å². The Balaban J connectivity index is 1.85. The zero-order valence-electron chi connectivity index (χ0n) is 5.88. The molecule has 0 radical (unpaired) electrons. The Bertz CT molecular complexity index is 94.3. The van der Waals surface area contributed by atoms with Crippen molar-refractivity contribution < 1.29 is 9.68 Å². The molecule has 2 rings (SSSR count).